The first-order chi connectivity index (χ1) is 9.06. The van der Waals surface area contributed by atoms with E-state index in [1.54, 1.807) is 24.4 Å². The van der Waals surface area contributed by atoms with Crippen molar-refractivity contribution in [2.45, 2.75) is 6.54 Å². The number of nitrogens with one attached hydrogen (secondary N) is 1. The van der Waals surface area contributed by atoms with Crippen molar-refractivity contribution in [1.29, 1.82) is 0 Å². The lowest BCUT2D eigenvalue weighted by Crippen LogP contribution is -2.13. The molecule has 0 saturated carbocycles. The summed E-state index contributed by atoms with van der Waals surface area (Å²) in [6.45, 7) is 0.518. The molecule has 1 N–H and O–H groups in total. The molecule has 0 atom stereocenters. The molecule has 100 valence electrons. The van der Waals surface area contributed by atoms with Crippen LogP contribution in [0.5, 0.6) is 0 Å². The molecule has 1 aromatic carbocycles. The fraction of sp³-hybridized carbons (Fsp3) is 0.231. The van der Waals surface area contributed by atoms with Gasteiger partial charge in [0.05, 0.1) is 5.02 Å². The van der Waals surface area contributed by atoms with Crippen molar-refractivity contribution in [2.75, 3.05) is 24.3 Å². The summed E-state index contributed by atoms with van der Waals surface area (Å²) < 4.78 is 13.0. The van der Waals surface area contributed by atoms with Gasteiger partial charge in [0.1, 0.15) is 11.6 Å². The van der Waals surface area contributed by atoms with Gasteiger partial charge in [0, 0.05) is 26.8 Å². The first kappa shape index (κ1) is 13.5. The Bertz CT molecular complexity index is 574. The molecule has 19 heavy (non-hydrogen) atoms. The first-order valence-corrected chi connectivity index (χ1v) is 6.12. The average Bonchev–Trinajstić information content (AvgIpc) is 2.40. The van der Waals surface area contributed by atoms with Gasteiger partial charge in [-0.2, -0.15) is 4.98 Å². The van der Waals surface area contributed by atoms with Crippen LogP contribution < -0.4 is 10.2 Å². The van der Waals surface area contributed by atoms with Crippen LogP contribution in [-0.4, -0.2) is 24.1 Å². The quantitative estimate of drug-likeness (QED) is 0.935. The largest absolute Gasteiger partial charge is 0.366 e. The summed E-state index contributed by atoms with van der Waals surface area (Å²) in [6, 6.07) is 6.41. The SMILES string of the molecule is CN(C)c1nccc(NCc2ccc(F)c(Cl)c2)n1. The van der Waals surface area contributed by atoms with Crippen LogP contribution >= 0.6 is 11.6 Å². The van der Waals surface area contributed by atoms with Crippen molar-refractivity contribution in [2.24, 2.45) is 0 Å². The number of hydrogen-bond donors (Lipinski definition) is 1. The van der Waals surface area contributed by atoms with Crippen LogP contribution in [0.2, 0.25) is 5.02 Å². The minimum absolute atomic E-state index is 0.121. The Hall–Kier alpha value is -1.88. The second kappa shape index (κ2) is 5.84. The number of anilines is 2. The normalized spacial score (nSPS) is 10.3. The van der Waals surface area contributed by atoms with Crippen molar-refractivity contribution in [3.63, 3.8) is 0 Å². The highest BCUT2D eigenvalue weighted by molar-refractivity contribution is 6.30. The number of benzene rings is 1. The van der Waals surface area contributed by atoms with Crippen LogP contribution in [0.3, 0.4) is 0 Å². The molecule has 0 radical (unpaired) electrons. The molecule has 6 heteroatoms. The van der Waals surface area contributed by atoms with Gasteiger partial charge in [0.15, 0.2) is 0 Å². The fourth-order valence-electron chi connectivity index (χ4n) is 1.50. The smallest absolute Gasteiger partial charge is 0.226 e. The lowest BCUT2D eigenvalue weighted by molar-refractivity contribution is 0.627. The van der Waals surface area contributed by atoms with E-state index in [1.807, 2.05) is 19.0 Å². The number of rotatable bonds is 4. The van der Waals surface area contributed by atoms with E-state index in [1.165, 1.54) is 6.07 Å². The second-order valence-electron chi connectivity index (χ2n) is 4.24. The van der Waals surface area contributed by atoms with Gasteiger partial charge < -0.3 is 10.2 Å². The maximum absolute atomic E-state index is 13.0. The molecule has 1 heterocycles. The molecule has 0 aliphatic carbocycles. The summed E-state index contributed by atoms with van der Waals surface area (Å²) in [4.78, 5) is 10.3. The Balaban J connectivity index is 2.05. The van der Waals surface area contributed by atoms with E-state index in [4.69, 9.17) is 11.6 Å². The molecule has 4 nitrogen and oxygen atoms in total. The third-order valence-corrected chi connectivity index (χ3v) is 2.79. The number of halogens is 2. The predicted octanol–water partition coefficient (Wildman–Crippen LogP) is 2.95. The van der Waals surface area contributed by atoms with E-state index in [0.717, 1.165) is 5.56 Å². The third-order valence-electron chi connectivity index (χ3n) is 2.50. The van der Waals surface area contributed by atoms with Crippen molar-refractivity contribution < 1.29 is 4.39 Å². The third kappa shape index (κ3) is 3.54. The monoisotopic (exact) mass is 280 g/mol. The van der Waals surface area contributed by atoms with Crippen LogP contribution in [0.25, 0.3) is 0 Å². The summed E-state index contributed by atoms with van der Waals surface area (Å²) in [7, 11) is 3.75. The molecular formula is C13H14ClFN4. The minimum Gasteiger partial charge on any atom is -0.366 e. The first-order valence-electron chi connectivity index (χ1n) is 5.74. The van der Waals surface area contributed by atoms with E-state index >= 15 is 0 Å². The van der Waals surface area contributed by atoms with Gasteiger partial charge in [-0.3, -0.25) is 0 Å². The molecule has 0 spiro atoms. The maximum atomic E-state index is 13.0. The molecule has 1 aromatic heterocycles. The lowest BCUT2D eigenvalue weighted by atomic mass is 10.2. The zero-order valence-electron chi connectivity index (χ0n) is 10.7. The zero-order chi connectivity index (χ0) is 13.8. The highest BCUT2D eigenvalue weighted by Crippen LogP contribution is 2.17. The summed E-state index contributed by atoms with van der Waals surface area (Å²) in [5.41, 5.74) is 0.886. The van der Waals surface area contributed by atoms with Crippen molar-refractivity contribution in [1.82, 2.24) is 9.97 Å². The standard InChI is InChI=1S/C13H14ClFN4/c1-19(2)13-16-6-5-12(18-13)17-8-9-3-4-11(15)10(14)7-9/h3-7H,8H2,1-2H3,(H,16,17,18). The molecular weight excluding hydrogens is 267 g/mol. The van der Waals surface area contributed by atoms with E-state index in [0.29, 0.717) is 18.3 Å². The summed E-state index contributed by atoms with van der Waals surface area (Å²) in [6.07, 6.45) is 1.68. The van der Waals surface area contributed by atoms with Gasteiger partial charge in [-0.1, -0.05) is 17.7 Å². The molecule has 0 fully saturated rings. The molecule has 0 aliphatic rings. The van der Waals surface area contributed by atoms with Crippen LogP contribution in [0.1, 0.15) is 5.56 Å². The highest BCUT2D eigenvalue weighted by atomic mass is 35.5. The Labute approximate surface area is 116 Å². The van der Waals surface area contributed by atoms with Gasteiger partial charge in [0.2, 0.25) is 5.95 Å². The second-order valence-corrected chi connectivity index (χ2v) is 4.65. The molecule has 0 amide bonds. The topological polar surface area (TPSA) is 41.1 Å². The Morgan fingerprint density at radius 2 is 2.11 bits per heavy atom. The van der Waals surface area contributed by atoms with Gasteiger partial charge in [-0.05, 0) is 23.8 Å². The van der Waals surface area contributed by atoms with E-state index in [-0.39, 0.29) is 5.02 Å². The average molecular weight is 281 g/mol. The maximum Gasteiger partial charge on any atom is 0.226 e. The van der Waals surface area contributed by atoms with Crippen LogP contribution in [-0.2, 0) is 6.54 Å². The Morgan fingerprint density at radius 1 is 1.32 bits per heavy atom. The molecule has 0 saturated heterocycles. The molecule has 0 aliphatic heterocycles. The minimum atomic E-state index is -0.414. The van der Waals surface area contributed by atoms with Crippen LogP contribution in [0, 0.1) is 5.82 Å². The van der Waals surface area contributed by atoms with E-state index < -0.39 is 5.82 Å². The fourth-order valence-corrected chi connectivity index (χ4v) is 1.71. The Morgan fingerprint density at radius 3 is 2.79 bits per heavy atom. The predicted molar refractivity (Wildman–Crippen MR) is 75.1 cm³/mol. The Kier molecular flexibility index (Phi) is 4.16. The van der Waals surface area contributed by atoms with E-state index in [2.05, 4.69) is 15.3 Å². The highest BCUT2D eigenvalue weighted by Gasteiger charge is 2.03. The summed E-state index contributed by atoms with van der Waals surface area (Å²) in [5, 5.41) is 3.27. The van der Waals surface area contributed by atoms with Gasteiger partial charge in [-0.15, -0.1) is 0 Å². The summed E-state index contributed by atoms with van der Waals surface area (Å²) in [5.74, 6) is 0.920. The van der Waals surface area contributed by atoms with Crippen molar-refractivity contribution in [3.8, 4) is 0 Å². The molecule has 0 bridgehead atoms. The van der Waals surface area contributed by atoms with Gasteiger partial charge >= 0.3 is 0 Å². The zero-order valence-corrected chi connectivity index (χ0v) is 11.4. The number of hydrogen-bond acceptors (Lipinski definition) is 4. The molecule has 0 unspecified atom stereocenters. The molecule has 2 rings (SSSR count). The lowest BCUT2D eigenvalue weighted by Gasteiger charge is -2.11. The van der Waals surface area contributed by atoms with Crippen molar-refractivity contribution in [3.05, 3.63) is 46.9 Å². The van der Waals surface area contributed by atoms with Crippen molar-refractivity contribution >= 4 is 23.4 Å². The number of aromatic nitrogens is 2. The molecule has 2 aromatic rings. The number of nitrogens with zero attached hydrogens (tertiary/aromatic N) is 3. The van der Waals surface area contributed by atoms with Crippen LogP contribution in [0.15, 0.2) is 30.5 Å². The van der Waals surface area contributed by atoms with Gasteiger partial charge in [-0.25, -0.2) is 9.37 Å². The van der Waals surface area contributed by atoms with Gasteiger partial charge in [0.25, 0.3) is 0 Å². The van der Waals surface area contributed by atoms with Crippen LogP contribution in [0.4, 0.5) is 16.2 Å². The van der Waals surface area contributed by atoms with E-state index in [9.17, 15) is 4.39 Å². The summed E-state index contributed by atoms with van der Waals surface area (Å²) >= 11 is 5.73.